The number of amides is 2. The summed E-state index contributed by atoms with van der Waals surface area (Å²) in [5.74, 6) is -0.700. The van der Waals surface area contributed by atoms with E-state index in [2.05, 4.69) is 15.8 Å². The third kappa shape index (κ3) is 6.28. The van der Waals surface area contributed by atoms with Gasteiger partial charge in [0.2, 0.25) is 5.91 Å². The van der Waals surface area contributed by atoms with Gasteiger partial charge in [-0.1, -0.05) is 79.9 Å². The summed E-state index contributed by atoms with van der Waals surface area (Å²) < 4.78 is 0. The maximum Gasteiger partial charge on any atom is 0.252 e. The van der Waals surface area contributed by atoms with E-state index < -0.39 is 5.92 Å². The second-order valence-electron chi connectivity index (χ2n) is 7.66. The van der Waals surface area contributed by atoms with Crippen molar-refractivity contribution in [2.24, 2.45) is 5.10 Å². The van der Waals surface area contributed by atoms with Crippen LogP contribution in [-0.2, 0) is 9.59 Å². The number of hydrogen-bond donors (Lipinski definition) is 2. The van der Waals surface area contributed by atoms with Crippen LogP contribution in [-0.4, -0.2) is 23.6 Å². The van der Waals surface area contributed by atoms with Crippen LogP contribution in [0.2, 0.25) is 0 Å². The van der Waals surface area contributed by atoms with Crippen molar-refractivity contribution in [2.75, 3.05) is 0 Å². The van der Waals surface area contributed by atoms with E-state index in [-0.39, 0.29) is 24.3 Å². The van der Waals surface area contributed by atoms with Gasteiger partial charge < -0.3 is 5.32 Å². The Bertz CT molecular complexity index is 788. The Morgan fingerprint density at radius 1 is 0.931 bits per heavy atom. The Kier molecular flexibility index (Phi) is 7.56. The number of nitrogens with zero attached hydrogens (tertiary/aromatic N) is 1. The Morgan fingerprint density at radius 3 is 2.03 bits per heavy atom. The molecule has 0 saturated heterocycles. The number of hydrazone groups is 1. The Morgan fingerprint density at radius 2 is 1.48 bits per heavy atom. The van der Waals surface area contributed by atoms with E-state index >= 15 is 0 Å². The standard InChI is InChI=1S/C24H29N3O2/c1-18(17-22(28)25-21-15-9-4-10-16-21)26-27-24(29)23(19-11-5-2-6-12-19)20-13-7-3-8-14-20/h2-3,5-8,11-14,21,23H,4,9-10,15-17H2,1H3,(H,25,28)(H,27,29). The van der Waals surface area contributed by atoms with Crippen LogP contribution in [0.4, 0.5) is 0 Å². The summed E-state index contributed by atoms with van der Waals surface area (Å²) in [7, 11) is 0. The van der Waals surface area contributed by atoms with Gasteiger partial charge in [0.25, 0.3) is 5.91 Å². The van der Waals surface area contributed by atoms with E-state index in [0.717, 1.165) is 24.0 Å². The molecule has 2 amide bonds. The molecule has 2 aromatic carbocycles. The highest BCUT2D eigenvalue weighted by molar-refractivity contribution is 6.00. The average molecular weight is 392 g/mol. The molecule has 1 aliphatic rings. The van der Waals surface area contributed by atoms with Crippen LogP contribution >= 0.6 is 0 Å². The molecule has 1 saturated carbocycles. The van der Waals surface area contributed by atoms with Crippen LogP contribution in [0.15, 0.2) is 65.8 Å². The maximum atomic E-state index is 12.9. The molecule has 5 heteroatoms. The third-order valence-electron chi connectivity index (χ3n) is 5.27. The van der Waals surface area contributed by atoms with Crippen molar-refractivity contribution in [1.29, 1.82) is 0 Å². The average Bonchev–Trinajstić information content (AvgIpc) is 2.75. The molecule has 0 atom stereocenters. The number of carbonyl (C=O) groups is 2. The first kappa shape index (κ1) is 20.8. The zero-order chi connectivity index (χ0) is 20.5. The maximum absolute atomic E-state index is 12.9. The van der Waals surface area contributed by atoms with Gasteiger partial charge in [0, 0.05) is 11.8 Å². The van der Waals surface area contributed by atoms with Crippen LogP contribution in [0.5, 0.6) is 0 Å². The highest BCUT2D eigenvalue weighted by Crippen LogP contribution is 2.24. The van der Waals surface area contributed by atoms with Crippen molar-refractivity contribution >= 4 is 17.5 Å². The lowest BCUT2D eigenvalue weighted by molar-refractivity contribution is -0.122. The molecule has 5 nitrogen and oxygen atoms in total. The van der Waals surface area contributed by atoms with Gasteiger partial charge in [-0.2, -0.15) is 5.10 Å². The lowest BCUT2D eigenvalue weighted by Crippen LogP contribution is -2.37. The van der Waals surface area contributed by atoms with E-state index in [4.69, 9.17) is 0 Å². The monoisotopic (exact) mass is 391 g/mol. The van der Waals surface area contributed by atoms with Crippen molar-refractivity contribution < 1.29 is 9.59 Å². The summed E-state index contributed by atoms with van der Waals surface area (Å²) in [6.07, 6.45) is 5.90. The first-order valence-electron chi connectivity index (χ1n) is 10.4. The summed E-state index contributed by atoms with van der Waals surface area (Å²) in [4.78, 5) is 25.2. The molecule has 1 fully saturated rings. The van der Waals surface area contributed by atoms with Gasteiger partial charge >= 0.3 is 0 Å². The molecule has 0 radical (unpaired) electrons. The number of nitrogens with one attached hydrogen (secondary N) is 2. The molecular formula is C24H29N3O2. The van der Waals surface area contributed by atoms with Crippen molar-refractivity contribution in [3.05, 3.63) is 71.8 Å². The van der Waals surface area contributed by atoms with Gasteiger partial charge in [-0.3, -0.25) is 9.59 Å². The first-order chi connectivity index (χ1) is 14.1. The van der Waals surface area contributed by atoms with Crippen molar-refractivity contribution in [1.82, 2.24) is 10.7 Å². The van der Waals surface area contributed by atoms with Crippen molar-refractivity contribution in [3.8, 4) is 0 Å². The normalized spacial score (nSPS) is 15.2. The van der Waals surface area contributed by atoms with Crippen LogP contribution in [0.3, 0.4) is 0 Å². The van der Waals surface area contributed by atoms with Crippen LogP contribution < -0.4 is 10.7 Å². The van der Waals surface area contributed by atoms with Gasteiger partial charge in [-0.25, -0.2) is 5.43 Å². The fourth-order valence-electron chi connectivity index (χ4n) is 3.80. The highest BCUT2D eigenvalue weighted by atomic mass is 16.2. The molecule has 3 rings (SSSR count). The Hall–Kier alpha value is -2.95. The van der Waals surface area contributed by atoms with Gasteiger partial charge in [0.05, 0.1) is 12.3 Å². The summed E-state index contributed by atoms with van der Waals surface area (Å²) in [6, 6.07) is 19.6. The highest BCUT2D eigenvalue weighted by Gasteiger charge is 2.22. The molecule has 2 N–H and O–H groups in total. The minimum Gasteiger partial charge on any atom is -0.353 e. The SMILES string of the molecule is CC(CC(=O)NC1CCCCC1)=NNC(=O)C(c1ccccc1)c1ccccc1. The van der Waals surface area contributed by atoms with Gasteiger partial charge in [0.1, 0.15) is 0 Å². The summed E-state index contributed by atoms with van der Waals surface area (Å²) >= 11 is 0. The van der Waals surface area contributed by atoms with Gasteiger partial charge in [0.15, 0.2) is 0 Å². The third-order valence-corrected chi connectivity index (χ3v) is 5.27. The van der Waals surface area contributed by atoms with Crippen LogP contribution in [0.25, 0.3) is 0 Å². The van der Waals surface area contributed by atoms with E-state index in [9.17, 15) is 9.59 Å². The largest absolute Gasteiger partial charge is 0.353 e. The zero-order valence-corrected chi connectivity index (χ0v) is 16.9. The molecule has 0 spiro atoms. The molecule has 152 valence electrons. The molecule has 29 heavy (non-hydrogen) atoms. The van der Waals surface area contributed by atoms with Crippen molar-refractivity contribution in [2.45, 2.75) is 57.4 Å². The molecule has 0 heterocycles. The van der Waals surface area contributed by atoms with Gasteiger partial charge in [-0.05, 0) is 30.9 Å². The van der Waals surface area contributed by atoms with Crippen LogP contribution in [0, 0.1) is 0 Å². The van der Waals surface area contributed by atoms with Gasteiger partial charge in [-0.15, -0.1) is 0 Å². The van der Waals surface area contributed by atoms with E-state index in [1.54, 1.807) is 6.92 Å². The predicted octanol–water partition coefficient (Wildman–Crippen LogP) is 4.15. The topological polar surface area (TPSA) is 70.6 Å². The van der Waals surface area contributed by atoms with Crippen LogP contribution in [0.1, 0.15) is 62.5 Å². The fourth-order valence-corrected chi connectivity index (χ4v) is 3.80. The second kappa shape index (κ2) is 10.6. The molecule has 0 aromatic heterocycles. The summed E-state index contributed by atoms with van der Waals surface area (Å²) in [5.41, 5.74) is 5.05. The summed E-state index contributed by atoms with van der Waals surface area (Å²) in [5, 5.41) is 7.26. The van der Waals surface area contributed by atoms with Crippen molar-refractivity contribution in [3.63, 3.8) is 0 Å². The van der Waals surface area contributed by atoms with E-state index in [0.29, 0.717) is 5.71 Å². The lowest BCUT2D eigenvalue weighted by Gasteiger charge is -2.22. The smallest absolute Gasteiger partial charge is 0.252 e. The molecule has 0 unspecified atom stereocenters. The Labute approximate surface area is 172 Å². The second-order valence-corrected chi connectivity index (χ2v) is 7.66. The first-order valence-corrected chi connectivity index (χ1v) is 10.4. The number of benzene rings is 2. The molecule has 0 bridgehead atoms. The Balaban J connectivity index is 1.62. The summed E-state index contributed by atoms with van der Waals surface area (Å²) in [6.45, 7) is 1.76. The molecule has 2 aromatic rings. The number of hydrogen-bond acceptors (Lipinski definition) is 3. The lowest BCUT2D eigenvalue weighted by atomic mass is 9.91. The number of rotatable bonds is 7. The minimum atomic E-state index is -0.454. The minimum absolute atomic E-state index is 0.0323. The molecular weight excluding hydrogens is 362 g/mol. The zero-order valence-electron chi connectivity index (χ0n) is 16.9. The quantitative estimate of drug-likeness (QED) is 0.550. The fraction of sp³-hybridized carbons (Fsp3) is 0.375. The number of carbonyl (C=O) groups excluding carboxylic acids is 2. The predicted molar refractivity (Wildman–Crippen MR) is 116 cm³/mol. The molecule has 0 aliphatic heterocycles. The van der Waals surface area contributed by atoms with E-state index in [1.165, 1.54) is 19.3 Å². The van der Waals surface area contributed by atoms with E-state index in [1.807, 2.05) is 60.7 Å². The molecule has 1 aliphatic carbocycles.